The van der Waals surface area contributed by atoms with Crippen LogP contribution in [0.1, 0.15) is 86.7 Å². The first-order valence-corrected chi connectivity index (χ1v) is 18.8. The normalized spacial score (nSPS) is 28.4. The van der Waals surface area contributed by atoms with Gasteiger partial charge in [-0.1, -0.05) is 31.0 Å². The summed E-state index contributed by atoms with van der Waals surface area (Å²) in [6.07, 6.45) is -0.938. The van der Waals surface area contributed by atoms with E-state index in [0.29, 0.717) is 61.8 Å². The Hall–Kier alpha value is -2.50. The number of aliphatic hydroxyl groups is 1. The van der Waals surface area contributed by atoms with Crippen LogP contribution in [0.4, 0.5) is 18.9 Å². The number of rotatable bonds is 1. The molecule has 6 atom stereocenters. The zero-order valence-corrected chi connectivity index (χ0v) is 28.6. The molecule has 1 fully saturated rings. The fourth-order valence-corrected chi connectivity index (χ4v) is 8.96. The number of amides is 1. The van der Waals surface area contributed by atoms with Crippen molar-refractivity contribution in [2.75, 3.05) is 24.6 Å². The summed E-state index contributed by atoms with van der Waals surface area (Å²) in [5.74, 6) is -2.10. The average Bonchev–Trinajstić information content (AvgIpc) is 3.01. The number of alkyl halides is 3. The van der Waals surface area contributed by atoms with E-state index in [1.54, 1.807) is 25.1 Å². The van der Waals surface area contributed by atoms with Gasteiger partial charge in [-0.15, -0.1) is 0 Å². The van der Waals surface area contributed by atoms with E-state index in [-0.39, 0.29) is 23.8 Å². The maximum absolute atomic E-state index is 14.0. The van der Waals surface area contributed by atoms with Crippen molar-refractivity contribution in [1.82, 2.24) is 4.72 Å². The molecule has 260 valence electrons. The molecule has 2 aromatic rings. The van der Waals surface area contributed by atoms with E-state index in [4.69, 9.17) is 16.3 Å². The first-order chi connectivity index (χ1) is 22.2. The number of fused-ring (bicyclic) bond motifs is 3. The summed E-state index contributed by atoms with van der Waals surface area (Å²) in [5.41, 5.74) is 3.03. The second-order valence-electron chi connectivity index (χ2n) is 13.7. The SMILES string of the molecule is CC1CCC[C@@H]([C@@H](O)C(F)(F)F)C2CCC2CN2CCc3ccc(Cl)cc3CCCCCOc3ccc(cc32)C(=O)NS(=O)(=O)C1C. The molecule has 2 bridgehead atoms. The molecule has 7 nitrogen and oxygen atoms in total. The topological polar surface area (TPSA) is 95.9 Å². The van der Waals surface area contributed by atoms with Gasteiger partial charge in [0, 0.05) is 23.7 Å². The van der Waals surface area contributed by atoms with Gasteiger partial charge in [-0.2, -0.15) is 13.2 Å². The first-order valence-electron chi connectivity index (χ1n) is 16.8. The van der Waals surface area contributed by atoms with Gasteiger partial charge in [0.2, 0.25) is 10.0 Å². The van der Waals surface area contributed by atoms with Gasteiger partial charge in [-0.25, -0.2) is 13.1 Å². The molecule has 0 radical (unpaired) electrons. The molecule has 2 N–H and O–H groups in total. The van der Waals surface area contributed by atoms with Crippen molar-refractivity contribution in [3.8, 4) is 5.75 Å². The summed E-state index contributed by atoms with van der Waals surface area (Å²) >= 11 is 6.36. The number of halogens is 4. The van der Waals surface area contributed by atoms with E-state index in [1.807, 2.05) is 18.2 Å². The maximum Gasteiger partial charge on any atom is 0.414 e. The minimum Gasteiger partial charge on any atom is -0.491 e. The van der Waals surface area contributed by atoms with Crippen molar-refractivity contribution < 1.29 is 36.2 Å². The molecular weight excluding hydrogens is 653 g/mol. The van der Waals surface area contributed by atoms with Gasteiger partial charge in [0.1, 0.15) is 5.75 Å². The molecule has 5 rings (SSSR count). The van der Waals surface area contributed by atoms with E-state index in [9.17, 15) is 31.5 Å². The highest BCUT2D eigenvalue weighted by Crippen LogP contribution is 2.47. The summed E-state index contributed by atoms with van der Waals surface area (Å²) in [4.78, 5) is 15.5. The zero-order chi connectivity index (χ0) is 33.9. The quantitative estimate of drug-likeness (QED) is 0.324. The molecule has 0 aromatic heterocycles. The van der Waals surface area contributed by atoms with E-state index >= 15 is 0 Å². The number of aryl methyl sites for hydroxylation is 1. The Bertz CT molecular complexity index is 1520. The highest BCUT2D eigenvalue weighted by Gasteiger charge is 2.50. The van der Waals surface area contributed by atoms with E-state index < -0.39 is 45.3 Å². The number of sulfonamides is 1. The molecule has 4 unspecified atom stereocenters. The van der Waals surface area contributed by atoms with Crippen molar-refractivity contribution in [3.05, 3.63) is 58.1 Å². The fraction of sp³-hybridized carbons (Fsp3) is 0.629. The van der Waals surface area contributed by atoms with Gasteiger partial charge < -0.3 is 14.7 Å². The van der Waals surface area contributed by atoms with Crippen molar-refractivity contribution in [1.29, 1.82) is 0 Å². The molecule has 3 aliphatic rings. The Morgan fingerprint density at radius 2 is 1.77 bits per heavy atom. The third-order valence-electron chi connectivity index (χ3n) is 10.7. The molecule has 12 heteroatoms. The number of anilines is 1. The minimum absolute atomic E-state index is 0.118. The zero-order valence-electron chi connectivity index (χ0n) is 27.1. The van der Waals surface area contributed by atoms with Crippen LogP contribution >= 0.6 is 11.6 Å². The molecule has 1 amide bonds. The molecule has 47 heavy (non-hydrogen) atoms. The predicted molar refractivity (Wildman–Crippen MR) is 177 cm³/mol. The Labute approximate surface area is 281 Å². The molecule has 0 saturated heterocycles. The van der Waals surface area contributed by atoms with E-state index in [2.05, 4.69) is 9.62 Å². The number of ether oxygens (including phenoxy) is 1. The lowest BCUT2D eigenvalue weighted by Crippen LogP contribution is -2.48. The second-order valence-corrected chi connectivity index (χ2v) is 16.2. The standard InChI is InChI=1S/C35H46ClF3N2O5S/c1-22-7-6-9-30(33(42)35(37,38)39)29-14-11-27(29)21-41-17-16-24-10-13-28(36)19-25(24)8-4-3-5-18-46-32-15-12-26(20-31(32)41)34(43)40-47(44,45)23(22)2/h10,12-13,15,19-20,22-23,27,29-30,33,42H,3-9,11,14,16-18,21H2,1-2H3,(H,40,43)/t22?,23?,27?,29?,30-,33-/m1/s1. The number of nitrogens with one attached hydrogen (secondary N) is 1. The highest BCUT2D eigenvalue weighted by atomic mass is 35.5. The number of hydrogen-bond acceptors (Lipinski definition) is 6. The highest BCUT2D eigenvalue weighted by molar-refractivity contribution is 7.90. The molecule has 1 saturated carbocycles. The number of hydrogen-bond donors (Lipinski definition) is 2. The number of carbonyl (C=O) groups is 1. The third kappa shape index (κ3) is 8.57. The lowest BCUT2D eigenvalue weighted by Gasteiger charge is -2.46. The van der Waals surface area contributed by atoms with Crippen LogP contribution in [0.15, 0.2) is 36.4 Å². The minimum atomic E-state index is -4.76. The number of nitrogens with zero attached hydrogens (tertiary/aromatic N) is 1. The Balaban J connectivity index is 1.58. The van der Waals surface area contributed by atoms with Crippen LogP contribution in [0.25, 0.3) is 0 Å². The molecule has 0 spiro atoms. The van der Waals surface area contributed by atoms with Gasteiger partial charge in [0.05, 0.1) is 17.5 Å². The van der Waals surface area contributed by atoms with Crippen LogP contribution in [0.3, 0.4) is 0 Å². The first kappa shape index (κ1) is 35.8. The Kier molecular flexibility index (Phi) is 11.4. The molecule has 2 heterocycles. The maximum atomic E-state index is 14.0. The fourth-order valence-electron chi connectivity index (χ4n) is 7.46. The van der Waals surface area contributed by atoms with Crippen LogP contribution in [-0.2, 0) is 22.9 Å². The Morgan fingerprint density at radius 1 is 0.979 bits per heavy atom. The van der Waals surface area contributed by atoms with Crippen molar-refractivity contribution >= 4 is 33.2 Å². The van der Waals surface area contributed by atoms with Gasteiger partial charge >= 0.3 is 6.18 Å². The van der Waals surface area contributed by atoms with Crippen LogP contribution in [0.2, 0.25) is 5.02 Å². The van der Waals surface area contributed by atoms with E-state index in [1.165, 1.54) is 6.92 Å². The monoisotopic (exact) mass is 698 g/mol. The lowest BCUT2D eigenvalue weighted by atomic mass is 9.63. The average molecular weight is 699 g/mol. The molecular formula is C35H46ClF3N2O5S. The summed E-state index contributed by atoms with van der Waals surface area (Å²) in [6, 6.07) is 10.7. The molecule has 2 aromatic carbocycles. The van der Waals surface area contributed by atoms with Gasteiger partial charge in [0.15, 0.2) is 6.10 Å². The summed E-state index contributed by atoms with van der Waals surface area (Å²) in [7, 11) is -4.09. The van der Waals surface area contributed by atoms with Gasteiger partial charge in [-0.05, 0) is 130 Å². The predicted octanol–water partition coefficient (Wildman–Crippen LogP) is 7.33. The number of aliphatic hydroxyl groups excluding tert-OH is 1. The number of benzene rings is 2. The third-order valence-corrected chi connectivity index (χ3v) is 12.8. The number of carbonyl (C=O) groups excluding carboxylic acids is 1. The van der Waals surface area contributed by atoms with Crippen LogP contribution < -0.4 is 14.4 Å². The van der Waals surface area contributed by atoms with Crippen molar-refractivity contribution in [2.24, 2.45) is 23.7 Å². The molecule has 1 aliphatic carbocycles. The van der Waals surface area contributed by atoms with Crippen molar-refractivity contribution in [2.45, 2.75) is 95.6 Å². The summed E-state index contributed by atoms with van der Waals surface area (Å²) < 4.78 is 77.1. The van der Waals surface area contributed by atoms with Crippen LogP contribution in [-0.4, -0.2) is 56.7 Å². The van der Waals surface area contributed by atoms with Gasteiger partial charge in [-0.3, -0.25) is 4.79 Å². The van der Waals surface area contributed by atoms with Crippen molar-refractivity contribution in [3.63, 3.8) is 0 Å². The van der Waals surface area contributed by atoms with Crippen LogP contribution in [0, 0.1) is 23.7 Å². The second kappa shape index (κ2) is 14.9. The largest absolute Gasteiger partial charge is 0.491 e. The summed E-state index contributed by atoms with van der Waals surface area (Å²) in [6.45, 7) is 4.56. The Morgan fingerprint density at radius 3 is 2.49 bits per heavy atom. The van der Waals surface area contributed by atoms with E-state index in [0.717, 1.165) is 43.2 Å². The lowest BCUT2D eigenvalue weighted by molar-refractivity contribution is -0.231. The van der Waals surface area contributed by atoms with Crippen LogP contribution in [0.5, 0.6) is 5.75 Å². The molecule has 2 aliphatic heterocycles. The smallest absolute Gasteiger partial charge is 0.414 e. The van der Waals surface area contributed by atoms with Gasteiger partial charge in [0.25, 0.3) is 5.91 Å². The summed E-state index contributed by atoms with van der Waals surface area (Å²) in [5, 5.41) is 10.3.